The van der Waals surface area contributed by atoms with Gasteiger partial charge in [-0.3, -0.25) is 18.7 Å². The van der Waals surface area contributed by atoms with Crippen LogP contribution >= 0.6 is 0 Å². The number of fused-ring (bicyclic) bond motifs is 2. The lowest BCUT2D eigenvalue weighted by atomic mass is 9.80. The highest BCUT2D eigenvalue weighted by Crippen LogP contribution is 2.42. The fourth-order valence-electron chi connectivity index (χ4n) is 7.90. The van der Waals surface area contributed by atoms with Crippen molar-refractivity contribution in [2.75, 3.05) is 33.1 Å². The average Bonchev–Trinajstić information content (AvgIpc) is 3.90. The fourth-order valence-corrected chi connectivity index (χ4v) is 8.30. The van der Waals surface area contributed by atoms with E-state index in [-0.39, 0.29) is 38.1 Å². The molecule has 0 bridgehead atoms. The molecule has 294 valence electrons. The van der Waals surface area contributed by atoms with Crippen molar-refractivity contribution < 1.29 is 31.7 Å². The molecule has 1 aliphatic heterocycles. The number of carbonyl (C=O) groups is 2. The molecule has 58 heavy (non-hydrogen) atoms. The number of aromatic nitrogens is 2. The van der Waals surface area contributed by atoms with E-state index in [4.69, 9.17) is 13.7 Å². The molecule has 0 radical (unpaired) electrons. The number of likely N-dealkylation sites (N-methyl/N-ethyl adjacent to an activating group) is 1. The van der Waals surface area contributed by atoms with E-state index in [2.05, 4.69) is 4.98 Å². The highest BCUT2D eigenvalue weighted by atomic mass is 32.2. The molecule has 1 aliphatic rings. The van der Waals surface area contributed by atoms with Crippen LogP contribution in [0.5, 0.6) is 0 Å². The first-order valence-corrected chi connectivity index (χ1v) is 21.0. The highest BCUT2D eigenvalue weighted by Gasteiger charge is 2.40. The largest absolute Gasteiger partial charge is 0.374 e. The Bertz CT molecular complexity index is 2630. The van der Waals surface area contributed by atoms with Crippen LogP contribution in [0, 0.1) is 0 Å². The first kappa shape index (κ1) is 38.7. The minimum absolute atomic E-state index is 0.0904. The molecule has 11 heteroatoms. The second-order valence-electron chi connectivity index (χ2n) is 14.3. The zero-order chi connectivity index (χ0) is 40.3. The normalized spacial score (nSPS) is 14.3. The third-order valence-electron chi connectivity index (χ3n) is 10.7. The Balaban J connectivity index is 1.11. The second kappa shape index (κ2) is 16.4. The van der Waals surface area contributed by atoms with E-state index >= 15 is 0 Å². The standard InChI is InChI=1S/C47H43N3O7S/c1-49-45(51)43(39-30-48-41-24-14-12-22-37(39)41)44(46(49)52)40-31-50(42-25-15-13-23-38(40)42)27-29-55-36(26-28-57-58(2,53)54)32-56-47(33-16-6-3-7-17-33,34-18-8-4-9-19-34)35-20-10-5-11-21-35/h3-25,30-31,36,48H,26-29,32H2,1-2H3. The number of rotatable bonds is 16. The summed E-state index contributed by atoms with van der Waals surface area (Å²) in [4.78, 5) is 32.0. The number of amides is 2. The van der Waals surface area contributed by atoms with Crippen molar-refractivity contribution in [3.63, 3.8) is 0 Å². The SMILES string of the molecule is CN1C(=O)C(c2c[nH]c3ccccc23)=C(c2cn(CCOC(CCOS(C)(=O)=O)COC(c3ccccc3)(c3ccccc3)c3ccccc3)c3ccccc23)C1=O. The molecule has 1 N–H and O–H groups in total. The van der Waals surface area contributed by atoms with Crippen LogP contribution in [0.4, 0.5) is 0 Å². The Labute approximate surface area is 337 Å². The molecule has 10 nitrogen and oxygen atoms in total. The molecule has 5 aromatic carbocycles. The minimum atomic E-state index is -3.69. The zero-order valence-electron chi connectivity index (χ0n) is 32.2. The number of imide groups is 1. The molecule has 1 atom stereocenters. The van der Waals surface area contributed by atoms with Gasteiger partial charge in [-0.25, -0.2) is 0 Å². The zero-order valence-corrected chi connectivity index (χ0v) is 33.0. The maximum atomic E-state index is 13.9. The lowest BCUT2D eigenvalue weighted by Crippen LogP contribution is -2.37. The fraction of sp³-hybridized carbons (Fsp3) is 0.191. The van der Waals surface area contributed by atoms with Crippen LogP contribution in [-0.4, -0.2) is 73.9 Å². The summed E-state index contributed by atoms with van der Waals surface area (Å²) < 4.78 is 44.8. The van der Waals surface area contributed by atoms with Gasteiger partial charge in [-0.1, -0.05) is 127 Å². The Kier molecular flexibility index (Phi) is 11.0. The van der Waals surface area contributed by atoms with Crippen LogP contribution in [0.2, 0.25) is 0 Å². The van der Waals surface area contributed by atoms with Crippen LogP contribution in [0.1, 0.15) is 34.2 Å². The predicted molar refractivity (Wildman–Crippen MR) is 225 cm³/mol. The van der Waals surface area contributed by atoms with Crippen molar-refractivity contribution in [2.45, 2.75) is 24.7 Å². The molecule has 7 aromatic rings. The third kappa shape index (κ3) is 7.52. The van der Waals surface area contributed by atoms with E-state index in [1.54, 1.807) is 6.20 Å². The van der Waals surface area contributed by atoms with Crippen LogP contribution < -0.4 is 0 Å². The molecule has 0 spiro atoms. The molecule has 2 aromatic heterocycles. The first-order chi connectivity index (χ1) is 28.2. The van der Waals surface area contributed by atoms with Gasteiger partial charge in [0.2, 0.25) is 0 Å². The van der Waals surface area contributed by atoms with Crippen LogP contribution in [0.3, 0.4) is 0 Å². The molecule has 0 aliphatic carbocycles. The maximum Gasteiger partial charge on any atom is 0.264 e. The molecular formula is C47H43N3O7S. The summed E-state index contributed by atoms with van der Waals surface area (Å²) in [5.74, 6) is -0.729. The average molecular weight is 794 g/mol. The number of ether oxygens (including phenoxy) is 2. The number of nitrogens with zero attached hydrogens (tertiary/aromatic N) is 2. The van der Waals surface area contributed by atoms with E-state index in [1.165, 1.54) is 11.9 Å². The number of hydrogen-bond acceptors (Lipinski definition) is 7. The topological polar surface area (TPSA) is 120 Å². The Morgan fingerprint density at radius 2 is 1.21 bits per heavy atom. The lowest BCUT2D eigenvalue weighted by molar-refractivity contribution is -0.134. The number of nitrogens with one attached hydrogen (secondary N) is 1. The van der Waals surface area contributed by atoms with E-state index in [1.807, 2.05) is 150 Å². The third-order valence-corrected chi connectivity index (χ3v) is 11.2. The number of para-hydroxylation sites is 2. The Morgan fingerprint density at radius 1 is 0.672 bits per heavy atom. The van der Waals surface area contributed by atoms with Gasteiger partial charge in [-0.15, -0.1) is 0 Å². The molecule has 2 amide bonds. The van der Waals surface area contributed by atoms with E-state index in [0.29, 0.717) is 28.8 Å². The van der Waals surface area contributed by atoms with Gasteiger partial charge in [0, 0.05) is 65.3 Å². The van der Waals surface area contributed by atoms with Crippen LogP contribution in [0.15, 0.2) is 152 Å². The van der Waals surface area contributed by atoms with Gasteiger partial charge in [-0.05, 0) is 28.8 Å². The Hall–Kier alpha value is -6.11. The lowest BCUT2D eigenvalue weighted by Gasteiger charge is -2.37. The molecule has 3 heterocycles. The number of H-pyrrole nitrogens is 1. The molecule has 0 fully saturated rings. The van der Waals surface area contributed by atoms with Gasteiger partial charge in [0.25, 0.3) is 21.9 Å². The molecule has 1 unspecified atom stereocenters. The molecule has 0 saturated heterocycles. The van der Waals surface area contributed by atoms with Gasteiger partial charge < -0.3 is 19.0 Å². The Morgan fingerprint density at radius 3 is 1.81 bits per heavy atom. The number of aromatic amines is 1. The quantitative estimate of drug-likeness (QED) is 0.0603. The molecular weight excluding hydrogens is 751 g/mol. The smallest absolute Gasteiger partial charge is 0.264 e. The van der Waals surface area contributed by atoms with E-state index < -0.39 is 21.8 Å². The number of carbonyl (C=O) groups excluding carboxylic acids is 2. The van der Waals surface area contributed by atoms with Gasteiger partial charge in [0.05, 0.1) is 43.3 Å². The summed E-state index contributed by atoms with van der Waals surface area (Å²) >= 11 is 0. The number of hydrogen-bond donors (Lipinski definition) is 1. The van der Waals surface area contributed by atoms with Crippen LogP contribution in [-0.2, 0) is 45.5 Å². The summed E-state index contributed by atoms with van der Waals surface area (Å²) in [6.07, 6.45) is 4.39. The molecule has 8 rings (SSSR count). The monoisotopic (exact) mass is 793 g/mol. The van der Waals surface area contributed by atoms with Crippen molar-refractivity contribution in [1.29, 1.82) is 0 Å². The van der Waals surface area contributed by atoms with Crippen molar-refractivity contribution in [1.82, 2.24) is 14.5 Å². The summed E-state index contributed by atoms with van der Waals surface area (Å²) in [6.45, 7) is 0.625. The summed E-state index contributed by atoms with van der Waals surface area (Å²) in [6, 6.07) is 45.5. The minimum Gasteiger partial charge on any atom is -0.374 e. The molecule has 0 saturated carbocycles. The van der Waals surface area contributed by atoms with Gasteiger partial charge in [0.1, 0.15) is 5.60 Å². The van der Waals surface area contributed by atoms with Crippen molar-refractivity contribution in [2.24, 2.45) is 0 Å². The van der Waals surface area contributed by atoms with Crippen molar-refractivity contribution in [3.05, 3.63) is 180 Å². The maximum absolute atomic E-state index is 13.9. The van der Waals surface area contributed by atoms with Gasteiger partial charge in [0.15, 0.2) is 0 Å². The second-order valence-corrected chi connectivity index (χ2v) is 16.0. The number of benzene rings is 5. The predicted octanol–water partition coefficient (Wildman–Crippen LogP) is 7.79. The summed E-state index contributed by atoms with van der Waals surface area (Å²) in [5.41, 5.74) is 5.53. The van der Waals surface area contributed by atoms with Crippen LogP contribution in [0.25, 0.3) is 33.0 Å². The van der Waals surface area contributed by atoms with Crippen molar-refractivity contribution in [3.8, 4) is 0 Å². The van der Waals surface area contributed by atoms with E-state index in [0.717, 1.165) is 44.8 Å². The van der Waals surface area contributed by atoms with Gasteiger partial charge in [-0.2, -0.15) is 8.42 Å². The van der Waals surface area contributed by atoms with E-state index in [9.17, 15) is 18.0 Å². The van der Waals surface area contributed by atoms with Gasteiger partial charge >= 0.3 is 0 Å². The first-order valence-electron chi connectivity index (χ1n) is 19.1. The van der Waals surface area contributed by atoms with Crippen molar-refractivity contribution >= 4 is 54.9 Å². The summed E-state index contributed by atoms with van der Waals surface area (Å²) in [7, 11) is -2.18. The highest BCUT2D eigenvalue weighted by molar-refractivity contribution is 7.85. The summed E-state index contributed by atoms with van der Waals surface area (Å²) in [5, 5.41) is 1.68.